The molecule has 0 spiro atoms. The Kier molecular flexibility index (Phi) is 16.4. The lowest BCUT2D eigenvalue weighted by Gasteiger charge is -2.10. The average Bonchev–Trinajstić information content (AvgIpc) is 2.79. The van der Waals surface area contributed by atoms with E-state index >= 15 is 0 Å². The Hall–Kier alpha value is -2.61. The van der Waals surface area contributed by atoms with E-state index in [4.69, 9.17) is 21.4 Å². The van der Waals surface area contributed by atoms with Gasteiger partial charge in [0.05, 0.1) is 11.2 Å². The van der Waals surface area contributed by atoms with Crippen molar-refractivity contribution in [2.75, 3.05) is 18.4 Å². The molecule has 192 valence electrons. The van der Waals surface area contributed by atoms with E-state index in [0.29, 0.717) is 5.82 Å². The third kappa shape index (κ3) is 11.6. The predicted octanol–water partition coefficient (Wildman–Crippen LogP) is 5.79. The van der Waals surface area contributed by atoms with Crippen LogP contribution in [0.15, 0.2) is 47.6 Å². The van der Waals surface area contributed by atoms with Gasteiger partial charge in [-0.1, -0.05) is 43.4 Å². The number of anilines is 1. The molecule has 1 aromatic carbocycles. The van der Waals surface area contributed by atoms with Crippen LogP contribution in [-0.4, -0.2) is 34.0 Å². The minimum absolute atomic E-state index is 0. The summed E-state index contributed by atoms with van der Waals surface area (Å²) in [4.78, 5) is 17.8. The Morgan fingerprint density at radius 3 is 2.37 bits per heavy atom. The van der Waals surface area contributed by atoms with Crippen LogP contribution in [0.1, 0.15) is 55.6 Å². The standard InChI is InChI=1S/C25H33N7.3ClH/c1-19-11-13-22-21(18-19)24(29-16-7-4-2-3-5-8-17-30-25(26)27)32-23(31-22)14-12-20-10-6-9-15-28-20;;;/h6,9-15,18H,2-5,7-8,16-17H2,1H3,(H4,26,27,30)(H,29,31,32);3*1H/b14-12+;;;. The van der Waals surface area contributed by atoms with Gasteiger partial charge in [0.25, 0.3) is 0 Å². The van der Waals surface area contributed by atoms with Gasteiger partial charge in [-0.2, -0.15) is 0 Å². The summed E-state index contributed by atoms with van der Waals surface area (Å²) in [5.74, 6) is 1.74. The van der Waals surface area contributed by atoms with E-state index in [2.05, 4.69) is 40.4 Å². The van der Waals surface area contributed by atoms with Gasteiger partial charge in [0.2, 0.25) is 0 Å². The van der Waals surface area contributed by atoms with E-state index in [0.717, 1.165) is 54.8 Å². The second kappa shape index (κ2) is 17.8. The number of guanidine groups is 1. The highest BCUT2D eigenvalue weighted by atomic mass is 35.5. The lowest BCUT2D eigenvalue weighted by Crippen LogP contribution is -2.22. The van der Waals surface area contributed by atoms with Crippen molar-refractivity contribution < 1.29 is 0 Å². The summed E-state index contributed by atoms with van der Waals surface area (Å²) in [6.45, 7) is 3.70. The molecule has 35 heavy (non-hydrogen) atoms. The first-order chi connectivity index (χ1) is 15.6. The maximum absolute atomic E-state index is 5.34. The van der Waals surface area contributed by atoms with Crippen LogP contribution in [-0.2, 0) is 0 Å². The smallest absolute Gasteiger partial charge is 0.185 e. The van der Waals surface area contributed by atoms with Gasteiger partial charge in [0, 0.05) is 24.7 Å². The molecule has 10 heteroatoms. The third-order valence-corrected chi connectivity index (χ3v) is 5.13. The fourth-order valence-corrected chi connectivity index (χ4v) is 3.46. The number of benzene rings is 1. The van der Waals surface area contributed by atoms with Crippen LogP contribution in [0, 0.1) is 6.92 Å². The number of pyridine rings is 1. The number of halogens is 3. The molecule has 0 saturated heterocycles. The van der Waals surface area contributed by atoms with Crippen LogP contribution in [0.4, 0.5) is 5.82 Å². The summed E-state index contributed by atoms with van der Waals surface area (Å²) in [6.07, 6.45) is 12.5. The summed E-state index contributed by atoms with van der Waals surface area (Å²) in [5, 5.41) is 4.59. The topological polar surface area (TPSA) is 115 Å². The molecule has 0 fully saturated rings. The number of aliphatic imine (C=N–C) groups is 1. The molecule has 0 atom stereocenters. The maximum Gasteiger partial charge on any atom is 0.185 e. The Bertz CT molecular complexity index is 1060. The van der Waals surface area contributed by atoms with E-state index < -0.39 is 0 Å². The molecule has 0 saturated carbocycles. The number of fused-ring (bicyclic) bond motifs is 1. The van der Waals surface area contributed by atoms with Gasteiger partial charge in [-0.05, 0) is 56.2 Å². The van der Waals surface area contributed by atoms with E-state index in [1.54, 1.807) is 6.20 Å². The van der Waals surface area contributed by atoms with Crippen LogP contribution in [0.2, 0.25) is 0 Å². The minimum atomic E-state index is 0. The van der Waals surface area contributed by atoms with Crippen molar-refractivity contribution in [3.63, 3.8) is 0 Å². The second-order valence-corrected chi connectivity index (χ2v) is 7.89. The molecule has 2 heterocycles. The number of nitrogens with one attached hydrogen (secondary N) is 1. The van der Waals surface area contributed by atoms with Gasteiger partial charge in [-0.25, -0.2) is 9.97 Å². The molecular weight excluding hydrogens is 505 g/mol. The van der Waals surface area contributed by atoms with Crippen molar-refractivity contribution in [2.45, 2.75) is 45.4 Å². The van der Waals surface area contributed by atoms with Gasteiger partial charge in [-0.3, -0.25) is 9.98 Å². The number of nitrogens with zero attached hydrogens (tertiary/aromatic N) is 4. The van der Waals surface area contributed by atoms with Crippen LogP contribution in [0.3, 0.4) is 0 Å². The van der Waals surface area contributed by atoms with Crippen molar-refractivity contribution in [1.82, 2.24) is 15.0 Å². The number of hydrogen-bond donors (Lipinski definition) is 3. The lowest BCUT2D eigenvalue weighted by atomic mass is 10.1. The van der Waals surface area contributed by atoms with Gasteiger partial charge in [0.15, 0.2) is 11.8 Å². The van der Waals surface area contributed by atoms with E-state index in [1.165, 1.54) is 24.8 Å². The molecule has 7 nitrogen and oxygen atoms in total. The van der Waals surface area contributed by atoms with Crippen molar-refractivity contribution >= 4 is 72.1 Å². The van der Waals surface area contributed by atoms with Crippen LogP contribution in [0.25, 0.3) is 23.1 Å². The fourth-order valence-electron chi connectivity index (χ4n) is 3.46. The first kappa shape index (κ1) is 32.4. The van der Waals surface area contributed by atoms with Gasteiger partial charge in [0.1, 0.15) is 5.82 Å². The number of aryl methyl sites for hydroxylation is 1. The van der Waals surface area contributed by atoms with Crippen molar-refractivity contribution in [2.24, 2.45) is 16.5 Å². The highest BCUT2D eigenvalue weighted by Gasteiger charge is 2.07. The highest BCUT2D eigenvalue weighted by molar-refractivity contribution is 5.90. The van der Waals surface area contributed by atoms with E-state index in [1.807, 2.05) is 30.4 Å². The molecule has 0 amide bonds. The zero-order chi connectivity index (χ0) is 22.6. The molecule has 2 aromatic heterocycles. The molecule has 0 bridgehead atoms. The Balaban J connectivity index is 0.00000385. The molecule has 5 N–H and O–H groups in total. The molecule has 3 aromatic rings. The van der Waals surface area contributed by atoms with Crippen LogP contribution >= 0.6 is 37.2 Å². The number of hydrogen-bond acceptors (Lipinski definition) is 5. The zero-order valence-corrected chi connectivity index (χ0v) is 22.5. The molecule has 0 unspecified atom stereocenters. The molecule has 0 aliphatic heterocycles. The number of aromatic nitrogens is 3. The third-order valence-electron chi connectivity index (χ3n) is 5.13. The zero-order valence-electron chi connectivity index (χ0n) is 20.0. The van der Waals surface area contributed by atoms with E-state index in [-0.39, 0.29) is 43.2 Å². The Morgan fingerprint density at radius 2 is 1.66 bits per heavy atom. The normalized spacial score (nSPS) is 10.2. The van der Waals surface area contributed by atoms with Gasteiger partial charge < -0.3 is 16.8 Å². The first-order valence-electron chi connectivity index (χ1n) is 11.3. The highest BCUT2D eigenvalue weighted by Crippen LogP contribution is 2.22. The monoisotopic (exact) mass is 539 g/mol. The Morgan fingerprint density at radius 1 is 0.914 bits per heavy atom. The van der Waals surface area contributed by atoms with Crippen molar-refractivity contribution in [3.05, 3.63) is 59.7 Å². The minimum Gasteiger partial charge on any atom is -0.370 e. The summed E-state index contributed by atoms with van der Waals surface area (Å²) in [5.41, 5.74) is 13.7. The van der Waals surface area contributed by atoms with Gasteiger partial charge in [-0.15, -0.1) is 37.2 Å². The Labute approximate surface area is 226 Å². The summed E-state index contributed by atoms with van der Waals surface area (Å²) < 4.78 is 0. The second-order valence-electron chi connectivity index (χ2n) is 7.89. The maximum atomic E-state index is 5.34. The lowest BCUT2D eigenvalue weighted by molar-refractivity contribution is 0.605. The summed E-state index contributed by atoms with van der Waals surface area (Å²) in [7, 11) is 0. The number of unbranched alkanes of at least 4 members (excludes halogenated alkanes) is 5. The number of rotatable bonds is 12. The van der Waals surface area contributed by atoms with Crippen molar-refractivity contribution in [3.8, 4) is 0 Å². The van der Waals surface area contributed by atoms with Crippen LogP contribution in [0.5, 0.6) is 0 Å². The molecule has 3 rings (SSSR count). The predicted molar refractivity (Wildman–Crippen MR) is 156 cm³/mol. The van der Waals surface area contributed by atoms with E-state index in [9.17, 15) is 0 Å². The first-order valence-corrected chi connectivity index (χ1v) is 11.3. The molecule has 0 aliphatic rings. The van der Waals surface area contributed by atoms with Crippen LogP contribution < -0.4 is 16.8 Å². The summed E-state index contributed by atoms with van der Waals surface area (Å²) in [6, 6.07) is 12.1. The summed E-state index contributed by atoms with van der Waals surface area (Å²) >= 11 is 0. The van der Waals surface area contributed by atoms with Crippen molar-refractivity contribution in [1.29, 1.82) is 0 Å². The van der Waals surface area contributed by atoms with Gasteiger partial charge >= 0.3 is 0 Å². The quantitative estimate of drug-likeness (QED) is 0.152. The number of nitrogens with two attached hydrogens (primary N) is 2. The SMILES string of the molecule is Cc1ccc2nc(/C=C/c3ccccn3)nc(NCCCCCCCCN=C(N)N)c2c1.Cl.Cl.Cl. The fraction of sp³-hybridized carbons (Fsp3) is 0.360. The molecule has 0 aliphatic carbocycles. The largest absolute Gasteiger partial charge is 0.370 e. The average molecular weight is 541 g/mol. The molecule has 0 radical (unpaired) electrons. The molecular formula is C25H36Cl3N7.